The molecule has 1 aromatic heterocycles. The minimum Gasteiger partial charge on any atom is -0.274 e. The fourth-order valence-corrected chi connectivity index (χ4v) is 2.16. The first kappa shape index (κ1) is 11.6. The maximum Gasteiger partial charge on any atom is 0.238 e. The van der Waals surface area contributed by atoms with Gasteiger partial charge in [-0.1, -0.05) is 18.2 Å². The van der Waals surface area contributed by atoms with Crippen molar-refractivity contribution in [2.45, 2.75) is 13.3 Å². The van der Waals surface area contributed by atoms with E-state index in [0.717, 1.165) is 5.56 Å². The number of carbonyl (C=O) groups excluding carboxylic acids is 2. The molecule has 2 amide bonds. The Bertz CT molecular complexity index is 662. The summed E-state index contributed by atoms with van der Waals surface area (Å²) in [6.07, 6.45) is 3.47. The predicted octanol–water partition coefficient (Wildman–Crippen LogP) is 2.18. The maximum absolute atomic E-state index is 11.4. The highest BCUT2D eigenvalue weighted by atomic mass is 16.2. The lowest BCUT2D eigenvalue weighted by Crippen LogP contribution is -2.31. The largest absolute Gasteiger partial charge is 0.274 e. The highest BCUT2D eigenvalue weighted by molar-refractivity contribution is 6.18. The van der Waals surface area contributed by atoms with Crippen molar-refractivity contribution in [1.29, 1.82) is 0 Å². The van der Waals surface area contributed by atoms with Crippen LogP contribution in [-0.4, -0.2) is 16.8 Å². The van der Waals surface area contributed by atoms with Crippen molar-refractivity contribution < 1.29 is 9.59 Å². The number of aromatic nitrogens is 1. The maximum atomic E-state index is 11.4. The second-order valence-corrected chi connectivity index (χ2v) is 4.51. The summed E-state index contributed by atoms with van der Waals surface area (Å²) >= 11 is 0. The Hall–Kier alpha value is -2.49. The van der Waals surface area contributed by atoms with Gasteiger partial charge in [0.25, 0.3) is 0 Å². The number of fused-ring (bicyclic) bond motifs is 2. The number of imide groups is 1. The SMILES string of the molecule is CC(=O)N1C(=O)Cc2ccncc21.c1cc2cc-2c1. The van der Waals surface area contributed by atoms with Crippen molar-refractivity contribution in [2.75, 3.05) is 4.90 Å². The molecule has 4 heteroatoms. The van der Waals surface area contributed by atoms with Crippen molar-refractivity contribution in [1.82, 2.24) is 4.98 Å². The van der Waals surface area contributed by atoms with Gasteiger partial charge in [-0.2, -0.15) is 0 Å². The fraction of sp³-hybridized carbons (Fsp3) is 0.133. The lowest BCUT2D eigenvalue weighted by molar-refractivity contribution is -0.124. The first-order valence-corrected chi connectivity index (χ1v) is 6.03. The highest BCUT2D eigenvalue weighted by Crippen LogP contribution is 2.32. The van der Waals surface area contributed by atoms with E-state index in [1.54, 1.807) is 18.5 Å². The smallest absolute Gasteiger partial charge is 0.238 e. The quantitative estimate of drug-likeness (QED) is 0.616. The highest BCUT2D eigenvalue weighted by Gasteiger charge is 2.29. The molecule has 1 aliphatic heterocycles. The standard InChI is InChI=1S/C9H8N2O2.C6H4/c1-6(12)11-8-5-10-3-2-7(8)4-9(11)13;1-2-5-4-6(5)3-1/h2-3,5H,4H2,1H3;1-4H. The minimum absolute atomic E-state index is 0.171. The van der Waals surface area contributed by atoms with E-state index in [-0.39, 0.29) is 11.8 Å². The summed E-state index contributed by atoms with van der Waals surface area (Å²) in [5.41, 5.74) is 4.35. The van der Waals surface area contributed by atoms with Gasteiger partial charge in [0, 0.05) is 13.1 Å². The number of anilines is 1. The molecule has 0 saturated heterocycles. The first-order chi connectivity index (χ1) is 9.16. The average Bonchev–Trinajstić information content (AvgIpc) is 2.84. The minimum atomic E-state index is -0.253. The van der Waals surface area contributed by atoms with Crippen LogP contribution < -0.4 is 4.90 Å². The van der Waals surface area contributed by atoms with Crippen molar-refractivity contribution in [3.05, 3.63) is 48.3 Å². The van der Waals surface area contributed by atoms with Gasteiger partial charge in [0.05, 0.1) is 18.3 Å². The number of pyridine rings is 1. The number of amides is 2. The molecule has 0 radical (unpaired) electrons. The molecular formula is C15H12N2O2. The third kappa shape index (κ3) is 2.12. The summed E-state index contributed by atoms with van der Waals surface area (Å²) < 4.78 is 0. The molecule has 0 atom stereocenters. The van der Waals surface area contributed by atoms with Gasteiger partial charge in [0.2, 0.25) is 11.8 Å². The second-order valence-electron chi connectivity index (χ2n) is 4.51. The fourth-order valence-electron chi connectivity index (χ4n) is 2.16. The Labute approximate surface area is 110 Å². The van der Waals surface area contributed by atoms with Gasteiger partial charge >= 0.3 is 0 Å². The molecule has 0 spiro atoms. The molecule has 4 rings (SSSR count). The van der Waals surface area contributed by atoms with Crippen molar-refractivity contribution >= 4 is 17.5 Å². The Morgan fingerprint density at radius 3 is 2.53 bits per heavy atom. The normalized spacial score (nSPS) is 13.5. The molecule has 0 saturated carbocycles. The summed E-state index contributed by atoms with van der Waals surface area (Å²) in [6.45, 7) is 1.38. The molecular weight excluding hydrogens is 240 g/mol. The van der Waals surface area contributed by atoms with Crippen molar-refractivity contribution in [3.63, 3.8) is 0 Å². The molecule has 0 N–H and O–H groups in total. The van der Waals surface area contributed by atoms with Crippen LogP contribution in [0.2, 0.25) is 0 Å². The first-order valence-electron chi connectivity index (χ1n) is 6.03. The molecule has 0 unspecified atom stereocenters. The van der Waals surface area contributed by atoms with Crippen LogP contribution in [-0.2, 0) is 16.0 Å². The molecule has 2 heterocycles. The monoisotopic (exact) mass is 252 g/mol. The van der Waals surface area contributed by atoms with Gasteiger partial charge in [-0.25, -0.2) is 4.90 Å². The van der Waals surface area contributed by atoms with E-state index in [4.69, 9.17) is 0 Å². The third-order valence-corrected chi connectivity index (χ3v) is 3.15. The van der Waals surface area contributed by atoms with Crippen LogP contribution in [0.15, 0.2) is 42.7 Å². The van der Waals surface area contributed by atoms with E-state index >= 15 is 0 Å². The number of benzene rings is 1. The molecule has 19 heavy (non-hydrogen) atoms. The zero-order valence-corrected chi connectivity index (χ0v) is 10.5. The summed E-state index contributed by atoms with van der Waals surface area (Å²) in [6, 6.07) is 10.2. The summed E-state index contributed by atoms with van der Waals surface area (Å²) in [5.74, 6) is -0.424. The van der Waals surface area contributed by atoms with E-state index in [0.29, 0.717) is 12.1 Å². The lowest BCUT2D eigenvalue weighted by atomic mass is 10.2. The lowest BCUT2D eigenvalue weighted by Gasteiger charge is -2.11. The topological polar surface area (TPSA) is 50.3 Å². The Kier molecular flexibility index (Phi) is 2.63. The van der Waals surface area contributed by atoms with Crippen LogP contribution in [0.25, 0.3) is 11.1 Å². The van der Waals surface area contributed by atoms with Crippen molar-refractivity contribution in [3.8, 4) is 11.1 Å². The van der Waals surface area contributed by atoms with Gasteiger partial charge in [-0.3, -0.25) is 14.6 Å². The number of rotatable bonds is 0. The van der Waals surface area contributed by atoms with Crippen LogP contribution in [0.3, 0.4) is 0 Å². The van der Waals surface area contributed by atoms with Crippen LogP contribution in [0, 0.1) is 0 Å². The molecule has 3 aliphatic rings. The van der Waals surface area contributed by atoms with Crippen molar-refractivity contribution in [2.24, 2.45) is 0 Å². The second kappa shape index (κ2) is 4.31. The van der Waals surface area contributed by atoms with Gasteiger partial charge in [0.1, 0.15) is 0 Å². The molecule has 0 fully saturated rings. The zero-order chi connectivity index (χ0) is 13.4. The number of hydrogen-bond donors (Lipinski definition) is 0. The summed E-state index contributed by atoms with van der Waals surface area (Å²) in [5, 5.41) is 0. The van der Waals surface area contributed by atoms with Crippen LogP contribution >= 0.6 is 0 Å². The molecule has 1 aromatic rings. The van der Waals surface area contributed by atoms with Crippen LogP contribution in [0.1, 0.15) is 12.5 Å². The summed E-state index contributed by atoms with van der Waals surface area (Å²) in [4.78, 5) is 27.5. The van der Waals surface area contributed by atoms with E-state index in [1.165, 1.54) is 23.0 Å². The number of carbonyl (C=O) groups is 2. The Morgan fingerprint density at radius 1 is 1.26 bits per heavy atom. The summed E-state index contributed by atoms with van der Waals surface area (Å²) in [7, 11) is 0. The molecule has 0 aromatic carbocycles. The number of nitrogens with zero attached hydrogens (tertiary/aromatic N) is 2. The van der Waals surface area contributed by atoms with Crippen LogP contribution in [0.4, 0.5) is 5.69 Å². The van der Waals surface area contributed by atoms with Gasteiger partial charge in [-0.05, 0) is 28.8 Å². The Balaban J connectivity index is 0.000000151. The van der Waals surface area contributed by atoms with Gasteiger partial charge in [0.15, 0.2) is 0 Å². The third-order valence-electron chi connectivity index (χ3n) is 3.15. The van der Waals surface area contributed by atoms with Crippen LogP contribution in [0.5, 0.6) is 0 Å². The molecule has 0 bridgehead atoms. The van der Waals surface area contributed by atoms with Gasteiger partial charge < -0.3 is 0 Å². The predicted molar refractivity (Wildman–Crippen MR) is 71.5 cm³/mol. The van der Waals surface area contributed by atoms with E-state index in [9.17, 15) is 9.59 Å². The average molecular weight is 252 g/mol. The number of hydrogen-bond acceptors (Lipinski definition) is 3. The zero-order valence-electron chi connectivity index (χ0n) is 10.5. The molecule has 2 aliphatic carbocycles. The van der Waals surface area contributed by atoms with Gasteiger partial charge in [-0.15, -0.1) is 0 Å². The van der Waals surface area contributed by atoms with E-state index in [1.807, 2.05) is 0 Å². The molecule has 94 valence electrons. The Morgan fingerprint density at radius 2 is 2.00 bits per heavy atom. The van der Waals surface area contributed by atoms with E-state index < -0.39 is 0 Å². The molecule has 4 nitrogen and oxygen atoms in total. The van der Waals surface area contributed by atoms with E-state index in [2.05, 4.69) is 29.2 Å².